The summed E-state index contributed by atoms with van der Waals surface area (Å²) in [5.74, 6) is 7.24. The normalized spacial score (nSPS) is 14.0. The van der Waals surface area contributed by atoms with Crippen molar-refractivity contribution in [3.63, 3.8) is 0 Å². The summed E-state index contributed by atoms with van der Waals surface area (Å²) < 4.78 is 0. The maximum Gasteiger partial charge on any atom is 0.124 e. The second kappa shape index (κ2) is 9.81. The molecule has 7 aromatic carbocycles. The Morgan fingerprint density at radius 2 is 1.14 bits per heavy atom. The molecule has 0 heterocycles. The summed E-state index contributed by atoms with van der Waals surface area (Å²) in [6.45, 7) is 0. The Kier molecular flexibility index (Phi) is 5.66. The van der Waals surface area contributed by atoms with Gasteiger partial charge in [0.25, 0.3) is 0 Å². The Balaban J connectivity index is 1.34. The van der Waals surface area contributed by atoms with Crippen molar-refractivity contribution >= 4 is 38.4 Å². The molecule has 196 valence electrons. The van der Waals surface area contributed by atoms with Crippen LogP contribution < -0.4 is 0 Å². The topological polar surface area (TPSA) is 20.2 Å². The van der Waals surface area contributed by atoms with E-state index >= 15 is 0 Å². The Morgan fingerprint density at radius 3 is 1.86 bits per heavy atom. The predicted molar refractivity (Wildman–Crippen MR) is 177 cm³/mol. The van der Waals surface area contributed by atoms with E-state index in [0.717, 1.165) is 21.9 Å². The lowest BCUT2D eigenvalue weighted by atomic mass is 9.83. The van der Waals surface area contributed by atoms with Gasteiger partial charge in [-0.3, -0.25) is 0 Å². The lowest BCUT2D eigenvalue weighted by Crippen LogP contribution is -1.98. The SMILES string of the molecule is Oc1cccc2ccc3c(c12)C#CC(c1c2ccccc2c(-c2ccc(-c4ccccc4)cc2)c2ccccc12)C=C3. The van der Waals surface area contributed by atoms with Crippen LogP contribution in [0.4, 0.5) is 0 Å². The summed E-state index contributed by atoms with van der Waals surface area (Å²) in [6, 6.07) is 46.7. The highest BCUT2D eigenvalue weighted by Crippen LogP contribution is 2.43. The zero-order chi connectivity index (χ0) is 28.0. The summed E-state index contributed by atoms with van der Waals surface area (Å²) >= 11 is 0. The molecule has 0 fully saturated rings. The van der Waals surface area contributed by atoms with Gasteiger partial charge in [0.05, 0.1) is 5.92 Å². The zero-order valence-electron chi connectivity index (χ0n) is 22.9. The van der Waals surface area contributed by atoms with E-state index in [-0.39, 0.29) is 11.7 Å². The van der Waals surface area contributed by atoms with Crippen LogP contribution in [0, 0.1) is 11.8 Å². The Morgan fingerprint density at radius 1 is 0.524 bits per heavy atom. The molecule has 7 aromatic rings. The zero-order valence-corrected chi connectivity index (χ0v) is 22.9. The molecule has 0 aliphatic heterocycles. The molecule has 1 aliphatic rings. The minimum Gasteiger partial charge on any atom is -0.507 e. The largest absolute Gasteiger partial charge is 0.507 e. The van der Waals surface area contributed by atoms with Crippen LogP contribution >= 0.6 is 0 Å². The number of phenols is 1. The molecular weight excluding hydrogens is 508 g/mol. The van der Waals surface area contributed by atoms with Crippen LogP contribution in [0.1, 0.15) is 22.6 Å². The van der Waals surface area contributed by atoms with Crippen LogP contribution in [0.5, 0.6) is 5.75 Å². The van der Waals surface area contributed by atoms with Crippen molar-refractivity contribution in [2.75, 3.05) is 0 Å². The van der Waals surface area contributed by atoms with Crippen LogP contribution in [-0.2, 0) is 0 Å². The van der Waals surface area contributed by atoms with Crippen molar-refractivity contribution in [3.8, 4) is 39.8 Å². The maximum atomic E-state index is 10.7. The minimum absolute atomic E-state index is 0.109. The lowest BCUT2D eigenvalue weighted by molar-refractivity contribution is 0.481. The van der Waals surface area contributed by atoms with Gasteiger partial charge in [-0.15, -0.1) is 0 Å². The number of fused-ring (bicyclic) bond motifs is 5. The highest BCUT2D eigenvalue weighted by molar-refractivity contribution is 6.15. The number of allylic oxidation sites excluding steroid dienone is 1. The first-order valence-corrected chi connectivity index (χ1v) is 14.3. The molecule has 0 aromatic heterocycles. The summed E-state index contributed by atoms with van der Waals surface area (Å²) in [7, 11) is 0. The third-order valence-electron chi connectivity index (χ3n) is 8.44. The third kappa shape index (κ3) is 3.89. The fraction of sp³-hybridized carbons (Fsp3) is 0.0244. The Bertz CT molecular complexity index is 2190. The van der Waals surface area contributed by atoms with E-state index in [1.165, 1.54) is 49.4 Å². The van der Waals surface area contributed by atoms with Crippen molar-refractivity contribution < 1.29 is 5.11 Å². The van der Waals surface area contributed by atoms with Crippen molar-refractivity contribution in [2.24, 2.45) is 0 Å². The average molecular weight is 535 g/mol. The molecular formula is C41H26O. The number of rotatable bonds is 3. The van der Waals surface area contributed by atoms with Gasteiger partial charge in [0.2, 0.25) is 0 Å². The molecule has 42 heavy (non-hydrogen) atoms. The summed E-state index contributed by atoms with van der Waals surface area (Å²) in [6.07, 6.45) is 4.37. The number of phenolic OH excluding ortho intramolecular Hbond substituents is 1. The molecule has 0 radical (unpaired) electrons. The molecule has 1 nitrogen and oxygen atoms in total. The third-order valence-corrected chi connectivity index (χ3v) is 8.44. The highest BCUT2D eigenvalue weighted by atomic mass is 16.3. The van der Waals surface area contributed by atoms with Gasteiger partial charge in [-0.05, 0) is 66.4 Å². The van der Waals surface area contributed by atoms with Crippen LogP contribution in [0.15, 0.2) is 140 Å². The minimum atomic E-state index is -0.109. The molecule has 0 saturated heterocycles. The Hall–Kier alpha value is -5.58. The van der Waals surface area contributed by atoms with E-state index in [1.54, 1.807) is 6.07 Å². The second-order valence-electron chi connectivity index (χ2n) is 10.8. The fourth-order valence-electron chi connectivity index (χ4n) is 6.48. The monoisotopic (exact) mass is 534 g/mol. The predicted octanol–water partition coefficient (Wildman–Crippen LogP) is 10.3. The van der Waals surface area contributed by atoms with Crippen LogP contribution in [0.2, 0.25) is 0 Å². The fourth-order valence-corrected chi connectivity index (χ4v) is 6.48. The molecule has 0 spiro atoms. The van der Waals surface area contributed by atoms with Crippen LogP contribution in [0.3, 0.4) is 0 Å². The van der Waals surface area contributed by atoms with E-state index in [0.29, 0.717) is 0 Å². The second-order valence-corrected chi connectivity index (χ2v) is 10.8. The Labute approximate surface area is 245 Å². The number of aromatic hydroxyl groups is 1. The van der Waals surface area contributed by atoms with Gasteiger partial charge in [0, 0.05) is 10.9 Å². The first-order chi connectivity index (χ1) is 20.8. The first-order valence-electron chi connectivity index (χ1n) is 14.3. The number of benzene rings is 7. The number of hydrogen-bond acceptors (Lipinski definition) is 1. The van der Waals surface area contributed by atoms with Gasteiger partial charge < -0.3 is 5.11 Å². The molecule has 1 heteroatoms. The van der Waals surface area contributed by atoms with Gasteiger partial charge in [0.15, 0.2) is 0 Å². The molecule has 1 atom stereocenters. The van der Waals surface area contributed by atoms with Gasteiger partial charge in [-0.2, -0.15) is 0 Å². The molecule has 0 amide bonds. The van der Waals surface area contributed by atoms with Gasteiger partial charge >= 0.3 is 0 Å². The highest BCUT2D eigenvalue weighted by Gasteiger charge is 2.20. The molecule has 1 aliphatic carbocycles. The van der Waals surface area contributed by atoms with Crippen molar-refractivity contribution in [1.29, 1.82) is 0 Å². The van der Waals surface area contributed by atoms with Crippen LogP contribution in [-0.4, -0.2) is 5.11 Å². The maximum absolute atomic E-state index is 10.7. The number of hydrogen-bond donors (Lipinski definition) is 1. The summed E-state index contributed by atoms with van der Waals surface area (Å²) in [4.78, 5) is 0. The van der Waals surface area contributed by atoms with Crippen molar-refractivity contribution in [2.45, 2.75) is 5.92 Å². The molecule has 1 unspecified atom stereocenters. The molecule has 1 N–H and O–H groups in total. The van der Waals surface area contributed by atoms with Gasteiger partial charge in [-0.25, -0.2) is 0 Å². The first kappa shape index (κ1) is 24.2. The standard InChI is InChI=1S/C41H26O/c42-38-16-8-11-30-23-19-29-20-24-32(25-26-33(29)41(30)38)40-36-14-6-4-12-34(36)39(35-13-5-7-15-37(35)40)31-21-17-28(18-22-31)27-9-2-1-3-10-27/h1-24,32,42H. The molecule has 0 bridgehead atoms. The van der Waals surface area contributed by atoms with E-state index in [2.05, 4.69) is 139 Å². The average Bonchev–Trinajstić information content (AvgIpc) is 3.27. The van der Waals surface area contributed by atoms with E-state index in [9.17, 15) is 5.11 Å². The smallest absolute Gasteiger partial charge is 0.124 e. The molecule has 0 saturated carbocycles. The van der Waals surface area contributed by atoms with Crippen molar-refractivity contribution in [1.82, 2.24) is 0 Å². The van der Waals surface area contributed by atoms with E-state index in [1.807, 2.05) is 12.1 Å². The van der Waals surface area contributed by atoms with E-state index in [4.69, 9.17) is 0 Å². The van der Waals surface area contributed by atoms with E-state index < -0.39 is 0 Å². The van der Waals surface area contributed by atoms with Crippen LogP contribution in [0.25, 0.3) is 60.6 Å². The molecule has 8 rings (SSSR count). The summed E-state index contributed by atoms with van der Waals surface area (Å²) in [5.41, 5.74) is 8.00. The quantitative estimate of drug-likeness (QED) is 0.177. The lowest BCUT2D eigenvalue weighted by Gasteiger charge is -2.19. The van der Waals surface area contributed by atoms with Gasteiger partial charge in [0.1, 0.15) is 5.75 Å². The van der Waals surface area contributed by atoms with Gasteiger partial charge in [-0.1, -0.05) is 151 Å². The van der Waals surface area contributed by atoms with Crippen molar-refractivity contribution in [3.05, 3.63) is 156 Å². The summed E-state index contributed by atoms with van der Waals surface area (Å²) in [5, 5.41) is 17.4.